The molecule has 10 heteroatoms. The van der Waals surface area contributed by atoms with Crippen LogP contribution in [-0.2, 0) is 14.8 Å². The Balaban J connectivity index is 0.00000484. The van der Waals surface area contributed by atoms with Crippen LogP contribution in [-0.4, -0.2) is 47.3 Å². The van der Waals surface area contributed by atoms with Crippen LogP contribution in [0.3, 0.4) is 0 Å². The molecule has 0 heterocycles. The summed E-state index contributed by atoms with van der Waals surface area (Å²) >= 11 is 0. The Kier molecular flexibility index (Phi) is 9.55. The van der Waals surface area contributed by atoms with Crippen molar-refractivity contribution in [1.29, 1.82) is 0 Å². The lowest BCUT2D eigenvalue weighted by Crippen LogP contribution is -2.41. The summed E-state index contributed by atoms with van der Waals surface area (Å²) in [6.45, 7) is 1.23. The van der Waals surface area contributed by atoms with Gasteiger partial charge in [-0.15, -0.1) is 12.4 Å². The third-order valence-corrected chi connectivity index (χ3v) is 4.07. The standard InChI is InChI=1S/C13H20F2N2O4S.ClH/c1-2-20-7-8-21-11-3-5-12(6-4-11)22(18,19)17-10-13(14,15)9-16;/h3-6,17H,2,7-10,16H2,1H3;1H. The summed E-state index contributed by atoms with van der Waals surface area (Å²) in [5.74, 6) is -2.82. The Hall–Kier alpha value is -1.00. The molecule has 1 aromatic carbocycles. The molecule has 0 unspecified atom stereocenters. The minimum atomic E-state index is -4.02. The van der Waals surface area contributed by atoms with E-state index in [-0.39, 0.29) is 17.3 Å². The normalized spacial score (nSPS) is 11.8. The summed E-state index contributed by atoms with van der Waals surface area (Å²) in [5, 5.41) is 0. The number of ether oxygens (including phenoxy) is 2. The smallest absolute Gasteiger partial charge is 0.273 e. The van der Waals surface area contributed by atoms with Gasteiger partial charge in [0.15, 0.2) is 0 Å². The van der Waals surface area contributed by atoms with Crippen molar-refractivity contribution in [2.24, 2.45) is 5.73 Å². The molecule has 0 atom stereocenters. The monoisotopic (exact) mass is 374 g/mol. The lowest BCUT2D eigenvalue weighted by atomic mass is 10.3. The first-order chi connectivity index (χ1) is 10.3. The van der Waals surface area contributed by atoms with Crippen LogP contribution < -0.4 is 15.2 Å². The fraction of sp³-hybridized carbons (Fsp3) is 0.538. The molecule has 0 aliphatic carbocycles. The van der Waals surface area contributed by atoms with Crippen LogP contribution in [0.5, 0.6) is 5.75 Å². The molecule has 6 nitrogen and oxygen atoms in total. The Bertz CT molecular complexity index is 556. The summed E-state index contributed by atoms with van der Waals surface area (Å²) in [5.41, 5.74) is 4.85. The van der Waals surface area contributed by atoms with Gasteiger partial charge in [0.25, 0.3) is 5.92 Å². The average Bonchev–Trinajstić information content (AvgIpc) is 2.50. The number of halogens is 3. The van der Waals surface area contributed by atoms with E-state index >= 15 is 0 Å². The summed E-state index contributed by atoms with van der Waals surface area (Å²) in [7, 11) is -4.02. The third-order valence-electron chi connectivity index (χ3n) is 2.65. The molecule has 23 heavy (non-hydrogen) atoms. The van der Waals surface area contributed by atoms with Crippen molar-refractivity contribution in [1.82, 2.24) is 4.72 Å². The predicted molar refractivity (Wildman–Crippen MR) is 84.9 cm³/mol. The molecule has 0 bridgehead atoms. The van der Waals surface area contributed by atoms with Gasteiger partial charge >= 0.3 is 0 Å². The molecule has 0 saturated heterocycles. The molecular formula is C13H21ClF2N2O4S. The zero-order chi connectivity index (χ0) is 16.6. The second kappa shape index (κ2) is 9.99. The van der Waals surface area contributed by atoms with Crippen molar-refractivity contribution in [2.75, 3.05) is 32.9 Å². The Labute approximate surface area is 140 Å². The van der Waals surface area contributed by atoms with Gasteiger partial charge in [-0.25, -0.2) is 21.9 Å². The molecule has 0 saturated carbocycles. The fourth-order valence-corrected chi connectivity index (χ4v) is 2.50. The molecular weight excluding hydrogens is 354 g/mol. The van der Waals surface area contributed by atoms with Gasteiger partial charge in [-0.3, -0.25) is 0 Å². The second-order valence-electron chi connectivity index (χ2n) is 4.40. The highest BCUT2D eigenvalue weighted by Gasteiger charge is 2.29. The first-order valence-electron chi connectivity index (χ1n) is 6.69. The summed E-state index contributed by atoms with van der Waals surface area (Å²) < 4.78 is 61.9. The van der Waals surface area contributed by atoms with Gasteiger partial charge in [-0.2, -0.15) is 0 Å². The molecule has 1 rings (SSSR count). The van der Waals surface area contributed by atoms with E-state index in [4.69, 9.17) is 15.2 Å². The van der Waals surface area contributed by atoms with Gasteiger partial charge in [0, 0.05) is 6.61 Å². The molecule has 0 aromatic heterocycles. The van der Waals surface area contributed by atoms with E-state index in [1.807, 2.05) is 11.6 Å². The number of rotatable bonds is 10. The molecule has 0 aliphatic rings. The number of nitrogens with one attached hydrogen (secondary N) is 1. The molecule has 0 spiro atoms. The quantitative estimate of drug-likeness (QED) is 0.604. The maximum atomic E-state index is 13.0. The van der Waals surface area contributed by atoms with Crippen LogP contribution in [0, 0.1) is 0 Å². The van der Waals surface area contributed by atoms with E-state index in [1.165, 1.54) is 24.3 Å². The molecule has 0 fully saturated rings. The zero-order valence-electron chi connectivity index (χ0n) is 12.6. The number of benzene rings is 1. The number of sulfonamides is 1. The van der Waals surface area contributed by atoms with Crippen molar-refractivity contribution in [2.45, 2.75) is 17.7 Å². The largest absolute Gasteiger partial charge is 0.491 e. The number of hydrogen-bond donors (Lipinski definition) is 2. The minimum absolute atomic E-state index is 0. The molecule has 0 radical (unpaired) electrons. The van der Waals surface area contributed by atoms with E-state index in [9.17, 15) is 17.2 Å². The highest BCUT2D eigenvalue weighted by molar-refractivity contribution is 7.89. The maximum absolute atomic E-state index is 13.0. The van der Waals surface area contributed by atoms with Gasteiger partial charge in [-0.1, -0.05) is 0 Å². The van der Waals surface area contributed by atoms with Crippen molar-refractivity contribution in [3.05, 3.63) is 24.3 Å². The van der Waals surface area contributed by atoms with E-state index in [2.05, 4.69) is 0 Å². The maximum Gasteiger partial charge on any atom is 0.273 e. The van der Waals surface area contributed by atoms with Gasteiger partial charge in [0.2, 0.25) is 10.0 Å². The third kappa shape index (κ3) is 7.89. The van der Waals surface area contributed by atoms with E-state index in [1.54, 1.807) is 0 Å². The highest BCUT2D eigenvalue weighted by Crippen LogP contribution is 2.17. The first-order valence-corrected chi connectivity index (χ1v) is 8.17. The topological polar surface area (TPSA) is 90.6 Å². The molecule has 0 amide bonds. The predicted octanol–water partition coefficient (Wildman–Crippen LogP) is 1.40. The van der Waals surface area contributed by atoms with Crippen LogP contribution >= 0.6 is 12.4 Å². The van der Waals surface area contributed by atoms with Gasteiger partial charge < -0.3 is 15.2 Å². The van der Waals surface area contributed by atoms with E-state index in [0.717, 1.165) is 0 Å². The summed E-state index contributed by atoms with van der Waals surface area (Å²) in [6, 6.07) is 5.45. The van der Waals surface area contributed by atoms with Crippen molar-refractivity contribution >= 4 is 22.4 Å². The van der Waals surface area contributed by atoms with Crippen LogP contribution in [0.2, 0.25) is 0 Å². The Morgan fingerprint density at radius 2 is 1.83 bits per heavy atom. The van der Waals surface area contributed by atoms with Crippen molar-refractivity contribution in [3.8, 4) is 5.75 Å². The molecule has 134 valence electrons. The Morgan fingerprint density at radius 1 is 1.22 bits per heavy atom. The van der Waals surface area contributed by atoms with Crippen molar-refractivity contribution < 1.29 is 26.7 Å². The Morgan fingerprint density at radius 3 is 2.35 bits per heavy atom. The first kappa shape index (κ1) is 22.0. The average molecular weight is 375 g/mol. The number of nitrogens with two attached hydrogens (primary N) is 1. The lowest BCUT2D eigenvalue weighted by molar-refractivity contribution is 0.0170. The number of hydrogen-bond acceptors (Lipinski definition) is 5. The molecule has 1 aromatic rings. The van der Waals surface area contributed by atoms with Crippen LogP contribution in [0.4, 0.5) is 8.78 Å². The SMILES string of the molecule is CCOCCOc1ccc(S(=O)(=O)NCC(F)(F)CN)cc1.Cl. The summed E-state index contributed by atoms with van der Waals surface area (Å²) in [4.78, 5) is -0.127. The van der Waals surface area contributed by atoms with Gasteiger partial charge in [-0.05, 0) is 31.2 Å². The van der Waals surface area contributed by atoms with Gasteiger partial charge in [0.05, 0.1) is 24.6 Å². The zero-order valence-corrected chi connectivity index (χ0v) is 14.3. The van der Waals surface area contributed by atoms with Crippen LogP contribution in [0.15, 0.2) is 29.2 Å². The lowest BCUT2D eigenvalue weighted by Gasteiger charge is -2.15. The fourth-order valence-electron chi connectivity index (χ4n) is 1.43. The van der Waals surface area contributed by atoms with Crippen LogP contribution in [0.25, 0.3) is 0 Å². The van der Waals surface area contributed by atoms with E-state index < -0.39 is 29.0 Å². The molecule has 3 N–H and O–H groups in total. The summed E-state index contributed by atoms with van der Waals surface area (Å²) in [6.07, 6.45) is 0. The van der Waals surface area contributed by atoms with Gasteiger partial charge in [0.1, 0.15) is 12.4 Å². The highest BCUT2D eigenvalue weighted by atomic mass is 35.5. The van der Waals surface area contributed by atoms with E-state index in [0.29, 0.717) is 25.6 Å². The second-order valence-corrected chi connectivity index (χ2v) is 6.17. The minimum Gasteiger partial charge on any atom is -0.491 e. The van der Waals surface area contributed by atoms with Crippen molar-refractivity contribution in [3.63, 3.8) is 0 Å². The number of alkyl halides is 2. The van der Waals surface area contributed by atoms with Crippen LogP contribution in [0.1, 0.15) is 6.92 Å². The molecule has 0 aliphatic heterocycles.